The molecule has 0 fully saturated rings. The molecule has 142 valence electrons. The lowest BCUT2D eigenvalue weighted by Gasteiger charge is -2.33. The summed E-state index contributed by atoms with van der Waals surface area (Å²) in [4.78, 5) is 10.8. The molecule has 5 nitrogen and oxygen atoms in total. The number of anilines is 2. The first-order chi connectivity index (χ1) is 13.3. The summed E-state index contributed by atoms with van der Waals surface area (Å²) in [5.41, 5.74) is 3.50. The van der Waals surface area contributed by atoms with Crippen LogP contribution in [0.3, 0.4) is 0 Å². The molecule has 0 spiro atoms. The van der Waals surface area contributed by atoms with E-state index in [0.717, 1.165) is 5.56 Å². The Bertz CT molecular complexity index is 1000. The van der Waals surface area contributed by atoms with Crippen LogP contribution >= 0.6 is 0 Å². The van der Waals surface area contributed by atoms with Gasteiger partial charge in [-0.05, 0) is 57.8 Å². The van der Waals surface area contributed by atoms with E-state index in [9.17, 15) is 9.65 Å². The van der Waals surface area contributed by atoms with Crippen molar-refractivity contribution in [2.45, 2.75) is 19.4 Å². The van der Waals surface area contributed by atoms with Crippen LogP contribution in [0.2, 0.25) is 0 Å². The fourth-order valence-electron chi connectivity index (χ4n) is 2.70. The van der Waals surface area contributed by atoms with Crippen molar-refractivity contribution in [1.82, 2.24) is 14.9 Å². The molecule has 1 heterocycles. The highest BCUT2D eigenvalue weighted by Gasteiger charge is 2.23. The van der Waals surface area contributed by atoms with E-state index in [1.54, 1.807) is 12.1 Å². The Hall–Kier alpha value is -3.30. The molecule has 3 aromatic rings. The minimum absolute atomic E-state index is 0.114. The number of halogens is 1. The predicted molar refractivity (Wildman–Crippen MR) is 109 cm³/mol. The second kappa shape index (κ2) is 7.75. The van der Waals surface area contributed by atoms with Crippen molar-refractivity contribution in [2.75, 3.05) is 19.4 Å². The van der Waals surface area contributed by atoms with Crippen LogP contribution in [0, 0.1) is 17.1 Å². The van der Waals surface area contributed by atoms with Crippen LogP contribution in [0.15, 0.2) is 54.7 Å². The summed E-state index contributed by atoms with van der Waals surface area (Å²) in [6.45, 7) is 4.30. The van der Waals surface area contributed by atoms with Gasteiger partial charge in [0.25, 0.3) is 0 Å². The van der Waals surface area contributed by atoms with E-state index in [2.05, 4.69) is 40.1 Å². The van der Waals surface area contributed by atoms with Gasteiger partial charge in [0.1, 0.15) is 11.9 Å². The van der Waals surface area contributed by atoms with Gasteiger partial charge in [-0.25, -0.2) is 14.4 Å². The minimum atomic E-state index is -0.312. The van der Waals surface area contributed by atoms with Gasteiger partial charge in [0.05, 0.1) is 17.5 Å². The van der Waals surface area contributed by atoms with Gasteiger partial charge in [-0.1, -0.05) is 24.3 Å². The zero-order valence-corrected chi connectivity index (χ0v) is 16.4. The van der Waals surface area contributed by atoms with Crippen LogP contribution in [-0.4, -0.2) is 29.0 Å². The second-order valence-corrected chi connectivity index (χ2v) is 7.23. The van der Waals surface area contributed by atoms with Gasteiger partial charge in [-0.3, -0.25) is 0 Å². The molecule has 0 aliphatic carbocycles. The molecule has 0 aliphatic rings. The number of nitrogens with one attached hydrogen (secondary N) is 1. The summed E-state index contributed by atoms with van der Waals surface area (Å²) in [5, 5.41) is 12.5. The maximum absolute atomic E-state index is 13.1. The normalized spacial score (nSPS) is 11.3. The van der Waals surface area contributed by atoms with Crippen molar-refractivity contribution < 1.29 is 4.39 Å². The minimum Gasteiger partial charge on any atom is -0.324 e. The number of benzene rings is 2. The van der Waals surface area contributed by atoms with E-state index < -0.39 is 0 Å². The van der Waals surface area contributed by atoms with Crippen LogP contribution < -0.4 is 5.32 Å². The summed E-state index contributed by atoms with van der Waals surface area (Å²) in [7, 11) is 4.08. The molecule has 0 unspecified atom stereocenters. The monoisotopic (exact) mass is 375 g/mol. The Morgan fingerprint density at radius 3 is 2.25 bits per heavy atom. The quantitative estimate of drug-likeness (QED) is 0.700. The first-order valence-electron chi connectivity index (χ1n) is 8.89. The lowest BCUT2D eigenvalue weighted by molar-refractivity contribution is 0.198. The molecule has 0 aliphatic heterocycles. The van der Waals surface area contributed by atoms with E-state index in [1.165, 1.54) is 23.9 Å². The Morgan fingerprint density at radius 1 is 1.04 bits per heavy atom. The average Bonchev–Trinajstić information content (AvgIpc) is 2.69. The summed E-state index contributed by atoms with van der Waals surface area (Å²) < 4.78 is 13.1. The Labute approximate surface area is 164 Å². The van der Waals surface area contributed by atoms with Gasteiger partial charge in [-0.2, -0.15) is 5.26 Å². The highest BCUT2D eigenvalue weighted by Crippen LogP contribution is 2.29. The third-order valence-electron chi connectivity index (χ3n) is 4.99. The fraction of sp³-hybridized carbons (Fsp3) is 0.227. The number of aromatic nitrogens is 2. The van der Waals surface area contributed by atoms with Gasteiger partial charge < -0.3 is 10.2 Å². The lowest BCUT2D eigenvalue weighted by Crippen LogP contribution is -2.35. The molecule has 1 aromatic heterocycles. The first kappa shape index (κ1) is 19.5. The van der Waals surface area contributed by atoms with Crippen molar-refractivity contribution >= 4 is 11.6 Å². The highest BCUT2D eigenvalue weighted by atomic mass is 19.1. The molecule has 6 heteroatoms. The standard InChI is InChI=1S/C22H22FN5/c1-22(2,28(3)4)17-7-5-15(6-8-17)20-16(13-24)14-25-21(27-20)26-19-11-9-18(23)10-12-19/h5-12,14H,1-4H3,(H,25,26,27). The van der Waals surface area contributed by atoms with E-state index >= 15 is 0 Å². The Balaban J connectivity index is 1.94. The van der Waals surface area contributed by atoms with Crippen molar-refractivity contribution in [3.05, 3.63) is 71.7 Å². The molecular formula is C22H22FN5. The first-order valence-corrected chi connectivity index (χ1v) is 8.89. The van der Waals surface area contributed by atoms with Crippen molar-refractivity contribution in [2.24, 2.45) is 0 Å². The number of rotatable bonds is 5. The lowest BCUT2D eigenvalue weighted by atomic mass is 9.91. The highest BCUT2D eigenvalue weighted by molar-refractivity contribution is 5.68. The van der Waals surface area contributed by atoms with E-state index in [-0.39, 0.29) is 11.4 Å². The van der Waals surface area contributed by atoms with Gasteiger partial charge in [0.15, 0.2) is 0 Å². The number of nitrogens with zero attached hydrogens (tertiary/aromatic N) is 4. The fourth-order valence-corrected chi connectivity index (χ4v) is 2.70. The summed E-state index contributed by atoms with van der Waals surface area (Å²) in [5.74, 6) is 0.0334. The third kappa shape index (κ3) is 4.00. The summed E-state index contributed by atoms with van der Waals surface area (Å²) in [6.07, 6.45) is 1.49. The van der Waals surface area contributed by atoms with Crippen LogP contribution in [0.1, 0.15) is 25.0 Å². The maximum atomic E-state index is 13.1. The molecule has 3 rings (SSSR count). The molecule has 0 amide bonds. The van der Waals surface area contributed by atoms with Gasteiger partial charge in [0.2, 0.25) is 5.95 Å². The van der Waals surface area contributed by atoms with Gasteiger partial charge >= 0.3 is 0 Å². The van der Waals surface area contributed by atoms with E-state index in [0.29, 0.717) is 22.9 Å². The van der Waals surface area contributed by atoms with E-state index in [4.69, 9.17) is 0 Å². The van der Waals surface area contributed by atoms with Crippen molar-refractivity contribution in [1.29, 1.82) is 5.26 Å². The third-order valence-corrected chi connectivity index (χ3v) is 4.99. The molecular weight excluding hydrogens is 353 g/mol. The molecule has 0 saturated heterocycles. The van der Waals surface area contributed by atoms with Gasteiger partial charge in [-0.15, -0.1) is 0 Å². The van der Waals surface area contributed by atoms with Crippen LogP contribution in [0.4, 0.5) is 16.0 Å². The number of nitriles is 1. The molecule has 2 aromatic carbocycles. The Morgan fingerprint density at radius 2 is 1.68 bits per heavy atom. The topological polar surface area (TPSA) is 64.8 Å². The Kier molecular flexibility index (Phi) is 5.39. The van der Waals surface area contributed by atoms with E-state index in [1.807, 2.05) is 38.4 Å². The largest absolute Gasteiger partial charge is 0.324 e. The maximum Gasteiger partial charge on any atom is 0.227 e. The zero-order chi connectivity index (χ0) is 20.3. The molecule has 0 bridgehead atoms. The molecule has 0 radical (unpaired) electrons. The van der Waals surface area contributed by atoms with Crippen molar-refractivity contribution in [3.8, 4) is 17.3 Å². The van der Waals surface area contributed by atoms with Crippen LogP contribution in [0.5, 0.6) is 0 Å². The molecule has 1 N–H and O–H groups in total. The smallest absolute Gasteiger partial charge is 0.227 e. The molecule has 0 atom stereocenters. The number of hydrogen-bond donors (Lipinski definition) is 1. The molecule has 28 heavy (non-hydrogen) atoms. The molecule has 0 saturated carbocycles. The van der Waals surface area contributed by atoms with Crippen molar-refractivity contribution in [3.63, 3.8) is 0 Å². The average molecular weight is 375 g/mol. The van der Waals surface area contributed by atoms with Crippen LogP contribution in [-0.2, 0) is 5.54 Å². The van der Waals surface area contributed by atoms with Gasteiger partial charge in [0, 0.05) is 16.8 Å². The predicted octanol–water partition coefficient (Wildman–Crippen LogP) is 4.69. The second-order valence-electron chi connectivity index (χ2n) is 7.23. The summed E-state index contributed by atoms with van der Waals surface area (Å²) in [6, 6.07) is 16.1. The number of hydrogen-bond acceptors (Lipinski definition) is 5. The summed E-state index contributed by atoms with van der Waals surface area (Å²) >= 11 is 0. The zero-order valence-electron chi connectivity index (χ0n) is 16.4. The SMILES string of the molecule is CN(C)C(C)(C)c1ccc(-c2nc(Nc3ccc(F)cc3)ncc2C#N)cc1. The van der Waals surface area contributed by atoms with Crippen LogP contribution in [0.25, 0.3) is 11.3 Å².